The number of nitrogens with zero attached hydrogens (tertiary/aromatic N) is 1. The molecule has 1 aliphatic heterocycles. The van der Waals surface area contributed by atoms with E-state index in [0.29, 0.717) is 5.56 Å². The number of benzene rings is 1. The zero-order valence-electron chi connectivity index (χ0n) is 15.9. The topological polar surface area (TPSA) is 55.8 Å². The van der Waals surface area contributed by atoms with E-state index >= 15 is 0 Å². The highest BCUT2D eigenvalue weighted by atomic mass is 16.7. The third-order valence-corrected chi connectivity index (χ3v) is 4.68. The van der Waals surface area contributed by atoms with Crippen LogP contribution >= 0.6 is 0 Å². The number of hydrogen-bond donors (Lipinski definition) is 0. The van der Waals surface area contributed by atoms with Crippen LogP contribution in [0, 0.1) is 0 Å². The minimum Gasteiger partial charge on any atom is -0.464 e. The van der Waals surface area contributed by atoms with Gasteiger partial charge in [-0.2, -0.15) is 5.06 Å². The number of carbonyl (C=O) groups excluding carboxylic acids is 2. The Kier molecular flexibility index (Phi) is 6.01. The van der Waals surface area contributed by atoms with Gasteiger partial charge in [-0.3, -0.25) is 9.63 Å². The van der Waals surface area contributed by atoms with Crippen LogP contribution in [0.25, 0.3) is 0 Å². The quantitative estimate of drug-likeness (QED) is 0.445. The van der Waals surface area contributed by atoms with Gasteiger partial charge in [0.05, 0.1) is 6.61 Å². The van der Waals surface area contributed by atoms with Gasteiger partial charge < -0.3 is 4.74 Å². The second kappa shape index (κ2) is 7.67. The Labute approximate surface area is 150 Å². The molecule has 0 aromatic heterocycles. The van der Waals surface area contributed by atoms with Crippen LogP contribution in [-0.2, 0) is 14.4 Å². The summed E-state index contributed by atoms with van der Waals surface area (Å²) < 4.78 is 5.11. The first-order chi connectivity index (χ1) is 11.7. The number of piperidine rings is 1. The molecule has 2 rings (SSSR count). The van der Waals surface area contributed by atoms with Crippen molar-refractivity contribution in [2.75, 3.05) is 6.61 Å². The fourth-order valence-electron chi connectivity index (χ4n) is 3.54. The number of esters is 1. The molecule has 1 aromatic rings. The van der Waals surface area contributed by atoms with Crippen molar-refractivity contribution in [3.63, 3.8) is 0 Å². The zero-order chi connectivity index (χ0) is 18.7. The number of hydrogen-bond acceptors (Lipinski definition) is 5. The van der Waals surface area contributed by atoms with Gasteiger partial charge in [0.25, 0.3) is 0 Å². The van der Waals surface area contributed by atoms with Gasteiger partial charge in [0.15, 0.2) is 0 Å². The van der Waals surface area contributed by atoms with Gasteiger partial charge in [-0.1, -0.05) is 30.3 Å². The van der Waals surface area contributed by atoms with Crippen molar-refractivity contribution in [3.8, 4) is 0 Å². The average Bonchev–Trinajstić information content (AvgIpc) is 2.54. The zero-order valence-corrected chi connectivity index (χ0v) is 15.9. The van der Waals surface area contributed by atoms with Crippen LogP contribution in [0.3, 0.4) is 0 Å². The Hall–Kier alpha value is -1.72. The number of ether oxygens (including phenoxy) is 1. The first kappa shape index (κ1) is 19.6. The second-order valence-corrected chi connectivity index (χ2v) is 7.74. The van der Waals surface area contributed by atoms with Crippen LogP contribution < -0.4 is 0 Å². The molecule has 1 atom stereocenters. The molecule has 5 heteroatoms. The van der Waals surface area contributed by atoms with Gasteiger partial charge in [0.1, 0.15) is 0 Å². The molecule has 0 bridgehead atoms. The van der Waals surface area contributed by atoms with Gasteiger partial charge in [-0.25, -0.2) is 4.79 Å². The molecular formula is C20H29NO4. The Balaban J connectivity index is 2.32. The number of rotatable bonds is 6. The lowest BCUT2D eigenvalue weighted by Crippen LogP contribution is -2.60. The van der Waals surface area contributed by atoms with Crippen molar-refractivity contribution >= 4 is 11.8 Å². The van der Waals surface area contributed by atoms with E-state index in [1.807, 2.05) is 11.1 Å². The van der Waals surface area contributed by atoms with E-state index in [2.05, 4.69) is 27.7 Å². The normalized spacial score (nSPS) is 20.7. The molecule has 5 nitrogen and oxygen atoms in total. The molecule has 25 heavy (non-hydrogen) atoms. The van der Waals surface area contributed by atoms with Crippen LogP contribution in [0.2, 0.25) is 0 Å². The smallest absolute Gasteiger partial charge is 0.345 e. The maximum atomic E-state index is 12.9. The van der Waals surface area contributed by atoms with Crippen molar-refractivity contribution in [3.05, 3.63) is 35.9 Å². The fraction of sp³-hybridized carbons (Fsp3) is 0.600. The van der Waals surface area contributed by atoms with Crippen LogP contribution in [-0.4, -0.2) is 40.6 Å². The summed E-state index contributed by atoms with van der Waals surface area (Å²) >= 11 is 0. The van der Waals surface area contributed by atoms with Crippen LogP contribution in [0.1, 0.15) is 64.2 Å². The Bertz CT molecular complexity index is 593. The summed E-state index contributed by atoms with van der Waals surface area (Å²) in [5.41, 5.74) is -0.111. The summed E-state index contributed by atoms with van der Waals surface area (Å²) in [5, 5.41) is 1.83. The molecule has 0 aliphatic carbocycles. The van der Waals surface area contributed by atoms with Crippen molar-refractivity contribution in [1.82, 2.24) is 5.06 Å². The number of carbonyl (C=O) groups is 2. The molecule has 1 aliphatic rings. The first-order valence-corrected chi connectivity index (χ1v) is 8.92. The minimum absolute atomic E-state index is 0.202. The maximum absolute atomic E-state index is 12.9. The highest BCUT2D eigenvalue weighted by Crippen LogP contribution is 2.39. The monoisotopic (exact) mass is 347 g/mol. The summed E-state index contributed by atoms with van der Waals surface area (Å²) in [6.07, 6.45) is 1.66. The van der Waals surface area contributed by atoms with Gasteiger partial charge in [0, 0.05) is 16.6 Å². The van der Waals surface area contributed by atoms with Crippen molar-refractivity contribution in [1.29, 1.82) is 0 Å². The molecule has 0 amide bonds. The van der Waals surface area contributed by atoms with E-state index in [9.17, 15) is 9.59 Å². The lowest BCUT2D eigenvalue weighted by Gasteiger charge is -2.51. The van der Waals surface area contributed by atoms with Gasteiger partial charge in [-0.15, -0.1) is 0 Å². The number of Topliss-reactive ketones (excluding diaryl/α,β-unsaturated/α-hetero) is 1. The summed E-state index contributed by atoms with van der Waals surface area (Å²) in [6, 6.07) is 8.73. The van der Waals surface area contributed by atoms with E-state index in [1.54, 1.807) is 31.2 Å². The summed E-state index contributed by atoms with van der Waals surface area (Å²) in [5.74, 6) is -1.02. The lowest BCUT2D eigenvalue weighted by atomic mass is 9.82. The largest absolute Gasteiger partial charge is 0.464 e. The third kappa shape index (κ3) is 4.47. The first-order valence-electron chi connectivity index (χ1n) is 8.92. The van der Waals surface area contributed by atoms with E-state index in [0.717, 1.165) is 19.3 Å². The highest BCUT2D eigenvalue weighted by molar-refractivity contribution is 6.11. The average molecular weight is 347 g/mol. The molecule has 1 saturated heterocycles. The molecule has 1 heterocycles. The van der Waals surface area contributed by atoms with E-state index in [1.165, 1.54) is 0 Å². The third-order valence-electron chi connectivity index (χ3n) is 4.68. The summed E-state index contributed by atoms with van der Waals surface area (Å²) in [4.78, 5) is 31.4. The lowest BCUT2D eigenvalue weighted by molar-refractivity contribution is -0.293. The number of ketones is 1. The van der Waals surface area contributed by atoms with Crippen LogP contribution in [0.5, 0.6) is 0 Å². The highest BCUT2D eigenvalue weighted by Gasteiger charge is 2.46. The molecule has 1 aromatic carbocycles. The Morgan fingerprint density at radius 2 is 1.64 bits per heavy atom. The molecule has 1 fully saturated rings. The molecule has 0 N–H and O–H groups in total. The summed E-state index contributed by atoms with van der Waals surface area (Å²) in [6.45, 7) is 10.2. The van der Waals surface area contributed by atoms with Crippen molar-refractivity contribution in [2.45, 2.75) is 71.1 Å². The minimum atomic E-state index is -1.29. The van der Waals surface area contributed by atoms with Gasteiger partial charge in [-0.05, 0) is 53.9 Å². The Morgan fingerprint density at radius 1 is 1.08 bits per heavy atom. The SMILES string of the molecule is CCOC(=O)C(ON1C(C)(C)CCCC1(C)C)C(=O)c1ccccc1. The van der Waals surface area contributed by atoms with E-state index in [4.69, 9.17) is 9.57 Å². The molecule has 138 valence electrons. The standard InChI is InChI=1S/C20H29NO4/c1-6-24-18(23)17(16(22)15-11-8-7-9-12-15)25-21-19(2,3)13-10-14-20(21,4)5/h7-9,11-12,17H,6,10,13-14H2,1-5H3. The maximum Gasteiger partial charge on any atom is 0.345 e. The molecule has 0 saturated carbocycles. The van der Waals surface area contributed by atoms with Crippen molar-refractivity contribution in [2.24, 2.45) is 0 Å². The second-order valence-electron chi connectivity index (χ2n) is 7.74. The van der Waals surface area contributed by atoms with Gasteiger partial charge in [0.2, 0.25) is 11.9 Å². The molecule has 0 radical (unpaired) electrons. The van der Waals surface area contributed by atoms with Crippen LogP contribution in [0.15, 0.2) is 30.3 Å². The molecular weight excluding hydrogens is 318 g/mol. The fourth-order valence-corrected chi connectivity index (χ4v) is 3.54. The summed E-state index contributed by atoms with van der Waals surface area (Å²) in [7, 11) is 0. The Morgan fingerprint density at radius 3 is 2.16 bits per heavy atom. The predicted octanol–water partition coefficient (Wildman–Crippen LogP) is 3.78. The molecule has 0 spiro atoms. The van der Waals surface area contributed by atoms with E-state index < -0.39 is 12.1 Å². The van der Waals surface area contributed by atoms with Crippen molar-refractivity contribution < 1.29 is 19.2 Å². The number of hydroxylamine groups is 2. The predicted molar refractivity (Wildman–Crippen MR) is 96.1 cm³/mol. The van der Waals surface area contributed by atoms with E-state index in [-0.39, 0.29) is 23.5 Å². The van der Waals surface area contributed by atoms with Gasteiger partial charge >= 0.3 is 5.97 Å². The molecule has 1 unspecified atom stereocenters. The van der Waals surface area contributed by atoms with Crippen LogP contribution in [0.4, 0.5) is 0 Å².